The summed E-state index contributed by atoms with van der Waals surface area (Å²) >= 11 is 0. The maximum atomic E-state index is 10.3. The molecule has 0 aromatic carbocycles. The monoisotopic (exact) mass is 330 g/mol. The van der Waals surface area contributed by atoms with Gasteiger partial charge in [0.05, 0.1) is 0 Å². The summed E-state index contributed by atoms with van der Waals surface area (Å²) in [5.41, 5.74) is 0. The van der Waals surface area contributed by atoms with Crippen molar-refractivity contribution >= 4 is 5.97 Å². The third kappa shape index (κ3) is 20.2. The van der Waals surface area contributed by atoms with Gasteiger partial charge in [-0.3, -0.25) is 4.79 Å². The van der Waals surface area contributed by atoms with Crippen LogP contribution >= 0.6 is 0 Å². The molecular formula is C22H34O2. The highest BCUT2D eigenvalue weighted by Gasteiger charge is 1.90. The van der Waals surface area contributed by atoms with Gasteiger partial charge in [0.25, 0.3) is 0 Å². The highest BCUT2D eigenvalue weighted by atomic mass is 16.4. The number of allylic oxidation sites excluding steroid dienone is 10. The van der Waals surface area contributed by atoms with Crippen LogP contribution in [0.4, 0.5) is 0 Å². The van der Waals surface area contributed by atoms with Gasteiger partial charge in [-0.05, 0) is 44.9 Å². The zero-order chi connectivity index (χ0) is 17.7. The lowest BCUT2D eigenvalue weighted by molar-refractivity contribution is -0.136. The van der Waals surface area contributed by atoms with Crippen LogP contribution in [-0.4, -0.2) is 11.1 Å². The minimum atomic E-state index is -0.739. The molecule has 0 atom stereocenters. The minimum absolute atomic E-state index is 0.213. The summed E-state index contributed by atoms with van der Waals surface area (Å²) in [5, 5.41) is 8.49. The Morgan fingerprint density at radius 1 is 0.667 bits per heavy atom. The lowest BCUT2D eigenvalue weighted by atomic mass is 10.2. The van der Waals surface area contributed by atoms with Gasteiger partial charge in [-0.25, -0.2) is 0 Å². The van der Waals surface area contributed by atoms with Crippen LogP contribution in [0.25, 0.3) is 0 Å². The third-order valence-corrected chi connectivity index (χ3v) is 3.42. The van der Waals surface area contributed by atoms with E-state index >= 15 is 0 Å². The Kier molecular flexibility index (Phi) is 17.8. The number of hydrogen-bond acceptors (Lipinski definition) is 1. The van der Waals surface area contributed by atoms with Crippen molar-refractivity contribution in [3.8, 4) is 0 Å². The molecule has 0 fully saturated rings. The standard InChI is InChI=1S/C22H34O2/c1-2-3-4-5-6-7-8-9-10-11-12-13-14-15-16-17-18-19-20-21-22(23)24/h6-7,9-10,12-13,15-16,18-19H,2-5,8,11,14,17,20-21H2,1H3,(H,23,24)/b7-6-,10-9-,13-12-,16-15+,19-18-. The second kappa shape index (κ2) is 19.2. The van der Waals surface area contributed by atoms with E-state index < -0.39 is 5.97 Å². The van der Waals surface area contributed by atoms with E-state index in [9.17, 15) is 4.79 Å². The molecule has 2 heteroatoms. The highest BCUT2D eigenvalue weighted by molar-refractivity contribution is 5.66. The fraction of sp³-hybridized carbons (Fsp3) is 0.500. The first-order valence-corrected chi connectivity index (χ1v) is 9.24. The van der Waals surface area contributed by atoms with E-state index in [2.05, 4.69) is 55.5 Å². The molecule has 134 valence electrons. The second-order valence-electron chi connectivity index (χ2n) is 5.73. The maximum Gasteiger partial charge on any atom is 0.303 e. The van der Waals surface area contributed by atoms with Crippen LogP contribution in [-0.2, 0) is 4.79 Å². The van der Waals surface area contributed by atoms with Gasteiger partial charge in [-0.15, -0.1) is 0 Å². The SMILES string of the molecule is CCCCC/C=C\C/C=C\C/C=C\C/C=C/C/C=C\CCC(=O)O. The molecule has 0 aliphatic rings. The fourth-order valence-electron chi connectivity index (χ4n) is 2.04. The smallest absolute Gasteiger partial charge is 0.303 e. The summed E-state index contributed by atoms with van der Waals surface area (Å²) < 4.78 is 0. The molecule has 0 amide bonds. The van der Waals surface area contributed by atoms with Crippen molar-refractivity contribution in [3.63, 3.8) is 0 Å². The molecule has 0 aromatic rings. The summed E-state index contributed by atoms with van der Waals surface area (Å²) in [6.45, 7) is 2.23. The van der Waals surface area contributed by atoms with Crippen LogP contribution in [0.15, 0.2) is 60.8 Å². The Bertz CT molecular complexity index is 425. The molecule has 0 heterocycles. The van der Waals surface area contributed by atoms with E-state index in [4.69, 9.17) is 5.11 Å². The first-order chi connectivity index (χ1) is 11.8. The average Bonchev–Trinajstić information content (AvgIpc) is 2.56. The Balaban J connectivity index is 3.46. The van der Waals surface area contributed by atoms with Crippen LogP contribution in [0.1, 0.15) is 71.1 Å². The zero-order valence-electron chi connectivity index (χ0n) is 15.2. The van der Waals surface area contributed by atoms with Gasteiger partial charge in [-0.1, -0.05) is 80.5 Å². The first-order valence-electron chi connectivity index (χ1n) is 9.24. The summed E-state index contributed by atoms with van der Waals surface area (Å²) in [7, 11) is 0. The van der Waals surface area contributed by atoms with Crippen molar-refractivity contribution in [3.05, 3.63) is 60.8 Å². The van der Waals surface area contributed by atoms with Gasteiger partial charge in [0.2, 0.25) is 0 Å². The van der Waals surface area contributed by atoms with Crippen LogP contribution in [0.5, 0.6) is 0 Å². The van der Waals surface area contributed by atoms with E-state index in [1.54, 1.807) is 0 Å². The lowest BCUT2D eigenvalue weighted by Crippen LogP contribution is -1.91. The molecule has 0 saturated carbocycles. The van der Waals surface area contributed by atoms with E-state index in [0.29, 0.717) is 6.42 Å². The molecule has 0 saturated heterocycles. The Hall–Kier alpha value is -1.83. The normalized spacial score (nSPS) is 12.7. The number of aliphatic carboxylic acids is 1. The largest absolute Gasteiger partial charge is 0.481 e. The lowest BCUT2D eigenvalue weighted by Gasteiger charge is -1.90. The van der Waals surface area contributed by atoms with Crippen molar-refractivity contribution < 1.29 is 9.90 Å². The highest BCUT2D eigenvalue weighted by Crippen LogP contribution is 2.01. The average molecular weight is 331 g/mol. The van der Waals surface area contributed by atoms with Crippen LogP contribution in [0, 0.1) is 0 Å². The molecule has 24 heavy (non-hydrogen) atoms. The Morgan fingerprint density at radius 3 is 1.50 bits per heavy atom. The second-order valence-corrected chi connectivity index (χ2v) is 5.73. The van der Waals surface area contributed by atoms with Gasteiger partial charge in [-0.2, -0.15) is 0 Å². The number of carboxylic acids is 1. The van der Waals surface area contributed by atoms with Gasteiger partial charge in [0.1, 0.15) is 0 Å². The van der Waals surface area contributed by atoms with E-state index in [-0.39, 0.29) is 6.42 Å². The molecule has 0 spiro atoms. The first kappa shape index (κ1) is 22.2. The van der Waals surface area contributed by atoms with Gasteiger partial charge < -0.3 is 5.11 Å². The third-order valence-electron chi connectivity index (χ3n) is 3.42. The van der Waals surface area contributed by atoms with Crippen molar-refractivity contribution in [2.24, 2.45) is 0 Å². The molecule has 0 aliphatic heterocycles. The van der Waals surface area contributed by atoms with Gasteiger partial charge in [0, 0.05) is 6.42 Å². The molecule has 0 rings (SSSR count). The van der Waals surface area contributed by atoms with Crippen molar-refractivity contribution in [2.45, 2.75) is 71.1 Å². The summed E-state index contributed by atoms with van der Waals surface area (Å²) in [6.07, 6.45) is 31.4. The quantitative estimate of drug-likeness (QED) is 0.265. The van der Waals surface area contributed by atoms with E-state index in [0.717, 1.165) is 25.7 Å². The number of carboxylic acid groups (broad SMARTS) is 1. The van der Waals surface area contributed by atoms with Gasteiger partial charge in [0.15, 0.2) is 0 Å². The number of carbonyl (C=O) groups is 1. The molecule has 0 aromatic heterocycles. The van der Waals surface area contributed by atoms with Crippen LogP contribution < -0.4 is 0 Å². The summed E-state index contributed by atoms with van der Waals surface area (Å²) in [6, 6.07) is 0. The molecule has 0 unspecified atom stereocenters. The summed E-state index contributed by atoms with van der Waals surface area (Å²) in [4.78, 5) is 10.3. The fourth-order valence-corrected chi connectivity index (χ4v) is 2.04. The van der Waals surface area contributed by atoms with Gasteiger partial charge >= 0.3 is 5.97 Å². The van der Waals surface area contributed by atoms with Crippen LogP contribution in [0.3, 0.4) is 0 Å². The van der Waals surface area contributed by atoms with Crippen LogP contribution in [0.2, 0.25) is 0 Å². The number of unbranched alkanes of at least 4 members (excludes halogenated alkanes) is 3. The predicted octanol–water partition coefficient (Wildman–Crippen LogP) is 6.77. The van der Waals surface area contributed by atoms with Crippen molar-refractivity contribution in [1.29, 1.82) is 0 Å². The molecule has 0 aliphatic carbocycles. The van der Waals surface area contributed by atoms with Crippen molar-refractivity contribution in [2.75, 3.05) is 0 Å². The summed E-state index contributed by atoms with van der Waals surface area (Å²) in [5.74, 6) is -0.739. The molecular weight excluding hydrogens is 296 g/mol. The van der Waals surface area contributed by atoms with E-state index in [1.807, 2.05) is 12.2 Å². The predicted molar refractivity (Wildman–Crippen MR) is 105 cm³/mol. The Morgan fingerprint density at radius 2 is 1.08 bits per heavy atom. The number of hydrogen-bond donors (Lipinski definition) is 1. The molecule has 2 nitrogen and oxygen atoms in total. The molecule has 0 bridgehead atoms. The molecule has 0 radical (unpaired) electrons. The topological polar surface area (TPSA) is 37.3 Å². The van der Waals surface area contributed by atoms with Crippen molar-refractivity contribution in [1.82, 2.24) is 0 Å². The zero-order valence-corrected chi connectivity index (χ0v) is 15.2. The number of rotatable bonds is 15. The van der Waals surface area contributed by atoms with E-state index in [1.165, 1.54) is 25.7 Å². The molecule has 1 N–H and O–H groups in total. The maximum absolute atomic E-state index is 10.3. The Labute approximate surface area is 148 Å². The minimum Gasteiger partial charge on any atom is -0.481 e.